The maximum atomic E-state index is 10.8. The zero-order valence-corrected chi connectivity index (χ0v) is 14.8. The molecule has 0 saturated heterocycles. The van der Waals surface area contributed by atoms with Gasteiger partial charge in [-0.1, -0.05) is 27.7 Å². The predicted molar refractivity (Wildman–Crippen MR) is 88.3 cm³/mol. The topological polar surface area (TPSA) is 20.2 Å². The van der Waals surface area contributed by atoms with E-state index in [-0.39, 0.29) is 11.5 Å². The molecule has 1 heteroatoms. The molecule has 0 amide bonds. The summed E-state index contributed by atoms with van der Waals surface area (Å²) in [5, 5.41) is 10.8. The van der Waals surface area contributed by atoms with Gasteiger partial charge in [0.25, 0.3) is 0 Å². The van der Waals surface area contributed by atoms with Crippen LogP contribution in [0.3, 0.4) is 0 Å². The lowest BCUT2D eigenvalue weighted by atomic mass is 9.76. The highest BCUT2D eigenvalue weighted by Gasteiger charge is 2.26. The van der Waals surface area contributed by atoms with Gasteiger partial charge in [-0.05, 0) is 85.8 Å². The molecule has 0 radical (unpaired) electrons. The first-order valence-electron chi connectivity index (χ1n) is 7.73. The van der Waals surface area contributed by atoms with Crippen LogP contribution in [0.15, 0.2) is 0 Å². The SMILES string of the molecule is Cc1c(C)c(C)c(C(O)CC(C)C(C)(C)C)c(C)c1C. The largest absolute Gasteiger partial charge is 0.388 e. The van der Waals surface area contributed by atoms with Gasteiger partial charge in [0.1, 0.15) is 0 Å². The van der Waals surface area contributed by atoms with Crippen molar-refractivity contribution >= 4 is 0 Å². The quantitative estimate of drug-likeness (QED) is 0.790. The molecule has 0 aliphatic carbocycles. The van der Waals surface area contributed by atoms with Gasteiger partial charge in [-0.15, -0.1) is 0 Å². The molecule has 20 heavy (non-hydrogen) atoms. The summed E-state index contributed by atoms with van der Waals surface area (Å²) in [6.45, 7) is 19.8. The van der Waals surface area contributed by atoms with E-state index in [0.717, 1.165) is 12.0 Å². The van der Waals surface area contributed by atoms with Gasteiger partial charge in [0, 0.05) is 0 Å². The molecule has 1 aromatic carbocycles. The van der Waals surface area contributed by atoms with E-state index in [9.17, 15) is 5.11 Å². The molecular weight excluding hydrogens is 244 g/mol. The number of aliphatic hydroxyl groups is 1. The highest BCUT2D eigenvalue weighted by atomic mass is 16.3. The van der Waals surface area contributed by atoms with Gasteiger partial charge < -0.3 is 5.11 Å². The van der Waals surface area contributed by atoms with E-state index in [1.807, 2.05) is 0 Å². The van der Waals surface area contributed by atoms with Crippen LogP contribution in [0, 0.1) is 46.0 Å². The third-order valence-electron chi connectivity index (χ3n) is 5.45. The van der Waals surface area contributed by atoms with Gasteiger partial charge in [0.2, 0.25) is 0 Å². The molecule has 1 nitrogen and oxygen atoms in total. The van der Waals surface area contributed by atoms with Crippen molar-refractivity contribution in [1.29, 1.82) is 0 Å². The molecule has 0 bridgehead atoms. The summed E-state index contributed by atoms with van der Waals surface area (Å²) >= 11 is 0. The van der Waals surface area contributed by atoms with E-state index in [1.54, 1.807) is 0 Å². The van der Waals surface area contributed by atoms with Gasteiger partial charge in [0.05, 0.1) is 6.10 Å². The minimum absolute atomic E-state index is 0.234. The molecule has 2 unspecified atom stereocenters. The average Bonchev–Trinajstić information content (AvgIpc) is 2.33. The number of aliphatic hydroxyl groups excluding tert-OH is 1. The van der Waals surface area contributed by atoms with Gasteiger partial charge in [0.15, 0.2) is 0 Å². The Balaban J connectivity index is 3.21. The Kier molecular flexibility index (Phi) is 5.08. The molecule has 0 spiro atoms. The van der Waals surface area contributed by atoms with Crippen molar-refractivity contribution in [3.05, 3.63) is 33.4 Å². The number of benzene rings is 1. The molecule has 1 rings (SSSR count). The van der Waals surface area contributed by atoms with E-state index in [2.05, 4.69) is 62.3 Å². The van der Waals surface area contributed by atoms with Gasteiger partial charge >= 0.3 is 0 Å². The summed E-state index contributed by atoms with van der Waals surface area (Å²) in [5.41, 5.74) is 7.92. The molecular formula is C19H32O. The first-order chi connectivity index (χ1) is 8.98. The fourth-order valence-corrected chi connectivity index (χ4v) is 2.84. The number of hydrogen-bond acceptors (Lipinski definition) is 1. The van der Waals surface area contributed by atoms with Gasteiger partial charge in [-0.25, -0.2) is 0 Å². The molecule has 114 valence electrons. The fraction of sp³-hybridized carbons (Fsp3) is 0.684. The van der Waals surface area contributed by atoms with E-state index in [4.69, 9.17) is 0 Å². The van der Waals surface area contributed by atoms with Crippen molar-refractivity contribution in [2.24, 2.45) is 11.3 Å². The van der Waals surface area contributed by atoms with E-state index in [1.165, 1.54) is 27.8 Å². The first-order valence-corrected chi connectivity index (χ1v) is 7.73. The summed E-state index contributed by atoms with van der Waals surface area (Å²) in [6.07, 6.45) is 0.467. The molecule has 2 atom stereocenters. The Hall–Kier alpha value is -0.820. The standard InChI is InChI=1S/C19H32O/c1-11(19(7,8)9)10-17(20)18-15(5)13(3)12(2)14(4)16(18)6/h11,17,20H,10H2,1-9H3. The van der Waals surface area contributed by atoms with Crippen molar-refractivity contribution in [2.45, 2.75) is 74.8 Å². The zero-order chi connectivity index (χ0) is 15.8. The minimum Gasteiger partial charge on any atom is -0.388 e. The van der Waals surface area contributed by atoms with Crippen LogP contribution in [-0.4, -0.2) is 5.11 Å². The van der Waals surface area contributed by atoms with Crippen molar-refractivity contribution < 1.29 is 5.11 Å². The Labute approximate surface area is 125 Å². The van der Waals surface area contributed by atoms with Crippen LogP contribution in [0.25, 0.3) is 0 Å². The monoisotopic (exact) mass is 276 g/mol. The van der Waals surface area contributed by atoms with Crippen LogP contribution >= 0.6 is 0 Å². The van der Waals surface area contributed by atoms with Crippen LogP contribution in [0.1, 0.15) is 73.6 Å². The van der Waals surface area contributed by atoms with Crippen LogP contribution in [0.5, 0.6) is 0 Å². The second kappa shape index (κ2) is 5.89. The van der Waals surface area contributed by atoms with E-state index >= 15 is 0 Å². The lowest BCUT2D eigenvalue weighted by molar-refractivity contribution is 0.109. The fourth-order valence-electron chi connectivity index (χ4n) is 2.84. The third kappa shape index (κ3) is 3.25. The smallest absolute Gasteiger partial charge is 0.0798 e. The maximum Gasteiger partial charge on any atom is 0.0798 e. The predicted octanol–water partition coefficient (Wildman–Crippen LogP) is 5.33. The second-order valence-electron chi connectivity index (χ2n) is 7.56. The molecule has 0 aliphatic heterocycles. The zero-order valence-electron chi connectivity index (χ0n) is 14.8. The third-order valence-corrected chi connectivity index (χ3v) is 5.45. The molecule has 0 fully saturated rings. The Morgan fingerprint density at radius 3 is 1.50 bits per heavy atom. The maximum absolute atomic E-state index is 10.8. The average molecular weight is 276 g/mol. The summed E-state index contributed by atoms with van der Waals surface area (Å²) in [6, 6.07) is 0. The summed E-state index contributed by atoms with van der Waals surface area (Å²) in [7, 11) is 0. The first kappa shape index (κ1) is 17.2. The molecule has 0 aliphatic rings. The number of hydrogen-bond donors (Lipinski definition) is 1. The second-order valence-corrected chi connectivity index (χ2v) is 7.56. The molecule has 0 heterocycles. The molecule has 0 aromatic heterocycles. The lowest BCUT2D eigenvalue weighted by Crippen LogP contribution is -2.21. The van der Waals surface area contributed by atoms with E-state index < -0.39 is 0 Å². The van der Waals surface area contributed by atoms with Crippen molar-refractivity contribution in [2.75, 3.05) is 0 Å². The van der Waals surface area contributed by atoms with Crippen molar-refractivity contribution in [3.63, 3.8) is 0 Å². The Morgan fingerprint density at radius 1 is 0.800 bits per heavy atom. The van der Waals surface area contributed by atoms with Crippen molar-refractivity contribution in [1.82, 2.24) is 0 Å². The number of rotatable bonds is 3. The molecule has 1 aromatic rings. The van der Waals surface area contributed by atoms with E-state index in [0.29, 0.717) is 5.92 Å². The Morgan fingerprint density at radius 2 is 1.15 bits per heavy atom. The molecule has 0 saturated carbocycles. The van der Waals surface area contributed by atoms with Crippen LogP contribution in [0.4, 0.5) is 0 Å². The van der Waals surface area contributed by atoms with Crippen LogP contribution < -0.4 is 0 Å². The highest BCUT2D eigenvalue weighted by molar-refractivity contribution is 5.50. The van der Waals surface area contributed by atoms with Crippen molar-refractivity contribution in [3.8, 4) is 0 Å². The normalized spacial score (nSPS) is 15.3. The summed E-state index contributed by atoms with van der Waals surface area (Å²) < 4.78 is 0. The van der Waals surface area contributed by atoms with Crippen LogP contribution in [0.2, 0.25) is 0 Å². The lowest BCUT2D eigenvalue weighted by Gasteiger charge is -2.31. The summed E-state index contributed by atoms with van der Waals surface area (Å²) in [4.78, 5) is 0. The van der Waals surface area contributed by atoms with Gasteiger partial charge in [-0.3, -0.25) is 0 Å². The van der Waals surface area contributed by atoms with Gasteiger partial charge in [-0.2, -0.15) is 0 Å². The Bertz CT molecular complexity index is 462. The summed E-state index contributed by atoms with van der Waals surface area (Å²) in [5.74, 6) is 0.484. The highest BCUT2D eigenvalue weighted by Crippen LogP contribution is 2.37. The minimum atomic E-state index is -0.359. The van der Waals surface area contributed by atoms with Crippen LogP contribution in [-0.2, 0) is 0 Å². The molecule has 1 N–H and O–H groups in total.